The number of likely N-dealkylation sites (tertiary alicyclic amines) is 1. The van der Waals surface area contributed by atoms with Gasteiger partial charge in [0.2, 0.25) is 0 Å². The van der Waals surface area contributed by atoms with E-state index < -0.39 is 18.3 Å². The second-order valence-electron chi connectivity index (χ2n) is 7.33. The van der Waals surface area contributed by atoms with Gasteiger partial charge in [-0.05, 0) is 66.1 Å². The second kappa shape index (κ2) is 5.99. The van der Waals surface area contributed by atoms with E-state index in [9.17, 15) is 4.39 Å². The number of nitrogens with zero attached hydrogens (tertiary/aromatic N) is 1. The molecule has 2 aliphatic heterocycles. The molecule has 0 atom stereocenters. The fourth-order valence-corrected chi connectivity index (χ4v) is 2.67. The van der Waals surface area contributed by atoms with E-state index in [2.05, 4.69) is 4.90 Å². The summed E-state index contributed by atoms with van der Waals surface area (Å²) in [7, 11) is -0.887. The molecular weight excluding hydrogens is 270 g/mol. The number of nitrogens with two attached hydrogens (primary N) is 1. The molecule has 21 heavy (non-hydrogen) atoms. The van der Waals surface area contributed by atoms with Crippen molar-refractivity contribution in [2.75, 3.05) is 19.6 Å². The van der Waals surface area contributed by atoms with Crippen LogP contribution in [0.2, 0.25) is 0 Å². The highest BCUT2D eigenvalue weighted by molar-refractivity contribution is 6.53. The molecule has 0 radical (unpaired) electrons. The van der Waals surface area contributed by atoms with Crippen LogP contribution in [0.4, 0.5) is 4.39 Å². The summed E-state index contributed by atoms with van der Waals surface area (Å²) in [5, 5.41) is 0. The van der Waals surface area contributed by atoms with Crippen LogP contribution in [-0.2, 0) is 9.31 Å². The summed E-state index contributed by atoms with van der Waals surface area (Å²) >= 11 is 0. The molecular formula is C15H28BFN2O2. The molecule has 0 aromatic rings. The smallest absolute Gasteiger partial charge is 0.398 e. The van der Waals surface area contributed by atoms with Gasteiger partial charge in [0.25, 0.3) is 0 Å². The van der Waals surface area contributed by atoms with E-state index in [1.54, 1.807) is 0 Å². The van der Waals surface area contributed by atoms with Gasteiger partial charge >= 0.3 is 7.12 Å². The lowest BCUT2D eigenvalue weighted by Gasteiger charge is -2.32. The lowest BCUT2D eigenvalue weighted by molar-refractivity contribution is 0.00578. The lowest BCUT2D eigenvalue weighted by Crippen LogP contribution is -2.41. The maximum absolute atomic E-state index is 14.6. The van der Waals surface area contributed by atoms with Crippen molar-refractivity contribution < 1.29 is 13.7 Å². The number of piperidine rings is 1. The van der Waals surface area contributed by atoms with Crippen molar-refractivity contribution in [3.8, 4) is 0 Å². The van der Waals surface area contributed by atoms with Gasteiger partial charge in [-0.2, -0.15) is 0 Å². The Kier molecular flexibility index (Phi) is 4.83. The van der Waals surface area contributed by atoms with Crippen molar-refractivity contribution in [2.45, 2.75) is 64.7 Å². The van der Waals surface area contributed by atoms with E-state index in [1.165, 1.54) is 0 Å². The highest BCUT2D eigenvalue weighted by Crippen LogP contribution is 2.39. The monoisotopic (exact) mass is 298 g/mol. The highest BCUT2D eigenvalue weighted by Gasteiger charge is 2.53. The average molecular weight is 298 g/mol. The van der Waals surface area contributed by atoms with Crippen molar-refractivity contribution in [2.24, 2.45) is 5.73 Å². The molecule has 2 fully saturated rings. The SMILES string of the molecule is CC(CN1CCC(N)CC1)=C(F)B1OC(C)(C)C(C)(C)O1. The predicted molar refractivity (Wildman–Crippen MR) is 83.5 cm³/mol. The molecule has 4 nitrogen and oxygen atoms in total. The molecule has 6 heteroatoms. The molecule has 0 amide bonds. The van der Waals surface area contributed by atoms with Gasteiger partial charge in [0.1, 0.15) is 5.73 Å². The first-order chi connectivity index (χ1) is 9.62. The van der Waals surface area contributed by atoms with E-state index in [4.69, 9.17) is 15.0 Å². The summed E-state index contributed by atoms with van der Waals surface area (Å²) in [4.78, 5) is 2.24. The topological polar surface area (TPSA) is 47.7 Å². The molecule has 0 spiro atoms. The molecule has 0 bridgehead atoms. The van der Waals surface area contributed by atoms with E-state index in [0.717, 1.165) is 25.9 Å². The number of hydrogen-bond acceptors (Lipinski definition) is 4. The van der Waals surface area contributed by atoms with Crippen molar-refractivity contribution in [3.05, 3.63) is 11.3 Å². The van der Waals surface area contributed by atoms with Crippen LogP contribution in [0.1, 0.15) is 47.5 Å². The Balaban J connectivity index is 1.99. The zero-order valence-electron chi connectivity index (χ0n) is 13.9. The Labute approximate surface area is 128 Å². The van der Waals surface area contributed by atoms with Gasteiger partial charge in [-0.3, -0.25) is 4.90 Å². The molecule has 0 aromatic carbocycles. The number of rotatable bonds is 3. The summed E-state index contributed by atoms with van der Waals surface area (Å²) in [6.45, 7) is 12.0. The minimum atomic E-state index is -0.887. The molecule has 2 heterocycles. The maximum atomic E-state index is 14.6. The first-order valence-corrected chi connectivity index (χ1v) is 7.81. The van der Waals surface area contributed by atoms with Gasteiger partial charge in [-0.25, -0.2) is 4.39 Å². The van der Waals surface area contributed by atoms with Crippen LogP contribution in [0.5, 0.6) is 0 Å². The molecule has 2 rings (SSSR count). The van der Waals surface area contributed by atoms with Crippen molar-refractivity contribution in [3.63, 3.8) is 0 Å². The highest BCUT2D eigenvalue weighted by atomic mass is 19.1. The lowest BCUT2D eigenvalue weighted by atomic mass is 9.85. The summed E-state index contributed by atoms with van der Waals surface area (Å²) in [6.07, 6.45) is 1.96. The van der Waals surface area contributed by atoms with Crippen LogP contribution in [-0.4, -0.2) is 48.9 Å². The third kappa shape index (κ3) is 3.67. The maximum Gasteiger partial charge on any atom is 0.525 e. The van der Waals surface area contributed by atoms with Gasteiger partial charge in [0.15, 0.2) is 0 Å². The Morgan fingerprint density at radius 2 is 1.67 bits per heavy atom. The van der Waals surface area contributed by atoms with Gasteiger partial charge < -0.3 is 15.0 Å². The Hall–Kier alpha value is -0.425. The van der Waals surface area contributed by atoms with Gasteiger partial charge in [-0.1, -0.05) is 0 Å². The van der Waals surface area contributed by atoms with Gasteiger partial charge in [-0.15, -0.1) is 0 Å². The van der Waals surface area contributed by atoms with Crippen molar-refractivity contribution >= 4 is 7.12 Å². The molecule has 0 unspecified atom stereocenters. The van der Waals surface area contributed by atoms with Gasteiger partial charge in [0.05, 0.1) is 11.2 Å². The minimum absolute atomic E-state index is 0.288. The summed E-state index contributed by atoms with van der Waals surface area (Å²) in [5.74, 6) is 0. The summed E-state index contributed by atoms with van der Waals surface area (Å²) < 4.78 is 26.1. The van der Waals surface area contributed by atoms with Crippen LogP contribution in [0.25, 0.3) is 0 Å². The van der Waals surface area contributed by atoms with Crippen LogP contribution in [0.3, 0.4) is 0 Å². The minimum Gasteiger partial charge on any atom is -0.398 e. The Morgan fingerprint density at radius 3 is 2.14 bits per heavy atom. The Morgan fingerprint density at radius 1 is 1.19 bits per heavy atom. The molecule has 2 saturated heterocycles. The molecule has 2 N–H and O–H groups in total. The van der Waals surface area contributed by atoms with E-state index >= 15 is 0 Å². The third-order valence-corrected chi connectivity index (χ3v) is 4.96. The van der Waals surface area contributed by atoms with Crippen LogP contribution in [0.15, 0.2) is 11.3 Å². The molecule has 0 aliphatic carbocycles. The average Bonchev–Trinajstić information content (AvgIpc) is 2.60. The van der Waals surface area contributed by atoms with Crippen molar-refractivity contribution in [1.29, 1.82) is 0 Å². The summed E-state index contributed by atoms with van der Waals surface area (Å²) in [6, 6.07) is 0.290. The Bertz CT molecular complexity index is 402. The van der Waals surface area contributed by atoms with E-state index in [0.29, 0.717) is 18.2 Å². The van der Waals surface area contributed by atoms with Crippen LogP contribution >= 0.6 is 0 Å². The van der Waals surface area contributed by atoms with E-state index in [1.807, 2.05) is 34.6 Å². The molecule has 120 valence electrons. The molecule has 0 aromatic heterocycles. The second-order valence-corrected chi connectivity index (χ2v) is 7.33. The van der Waals surface area contributed by atoms with Crippen molar-refractivity contribution in [1.82, 2.24) is 4.90 Å². The normalized spacial score (nSPS) is 27.9. The van der Waals surface area contributed by atoms with Gasteiger partial charge in [0, 0.05) is 12.6 Å². The fourth-order valence-electron chi connectivity index (χ4n) is 2.67. The summed E-state index contributed by atoms with van der Waals surface area (Å²) in [5.41, 5.74) is 5.28. The fraction of sp³-hybridized carbons (Fsp3) is 0.867. The molecule has 0 saturated carbocycles. The molecule has 2 aliphatic rings. The predicted octanol–water partition coefficient (Wildman–Crippen LogP) is 2.28. The quantitative estimate of drug-likeness (QED) is 0.812. The largest absolute Gasteiger partial charge is 0.525 e. The van der Waals surface area contributed by atoms with Crippen LogP contribution < -0.4 is 5.73 Å². The number of halogens is 1. The third-order valence-electron chi connectivity index (χ3n) is 4.96. The zero-order valence-corrected chi connectivity index (χ0v) is 13.9. The first kappa shape index (κ1) is 16.9. The van der Waals surface area contributed by atoms with E-state index in [-0.39, 0.29) is 5.73 Å². The number of hydrogen-bond donors (Lipinski definition) is 1. The standard InChI is InChI=1S/C15H28BFN2O2/c1-11(10-19-8-6-12(18)7-9-19)13(17)16-20-14(2,3)15(4,5)21-16/h12H,6-10,18H2,1-5H3. The van der Waals surface area contributed by atoms with Crippen LogP contribution in [0, 0.1) is 0 Å². The zero-order chi connectivity index (χ0) is 15.8. The first-order valence-electron chi connectivity index (χ1n) is 7.81.